The lowest BCUT2D eigenvalue weighted by atomic mass is 9.95. The van der Waals surface area contributed by atoms with Crippen molar-refractivity contribution in [3.63, 3.8) is 0 Å². The number of piperidine rings is 1. The molecular weight excluding hydrogens is 397 g/mol. The van der Waals surface area contributed by atoms with Crippen LogP contribution in [0.4, 0.5) is 24.7 Å². The molecule has 7 nitrogen and oxygen atoms in total. The molecule has 0 spiro atoms. The van der Waals surface area contributed by atoms with Crippen LogP contribution in [0.15, 0.2) is 54.9 Å². The molecule has 1 aliphatic heterocycles. The molecule has 1 aromatic carbocycles. The monoisotopic (exact) mass is 416 g/mol. The standard InChI is InChI=1S/C20H19F3N6O/c21-20(22,23)15-3-1-4-16(13-15)25-19(30)14-7-11-28(12-8-14)17-5-6-18(27-26-17)29-10-2-9-24-29/h1-6,9-10,13-14H,7-8,11-12H2,(H,25,30). The van der Waals surface area contributed by atoms with Gasteiger partial charge in [-0.15, -0.1) is 10.2 Å². The van der Waals surface area contributed by atoms with Crippen LogP contribution in [0.1, 0.15) is 18.4 Å². The highest BCUT2D eigenvalue weighted by Crippen LogP contribution is 2.31. The van der Waals surface area contributed by atoms with Gasteiger partial charge in [-0.2, -0.15) is 18.3 Å². The zero-order chi connectivity index (χ0) is 21.1. The quantitative estimate of drug-likeness (QED) is 0.704. The number of benzene rings is 1. The summed E-state index contributed by atoms with van der Waals surface area (Å²) in [5.41, 5.74) is -0.635. The number of carbonyl (C=O) groups is 1. The minimum absolute atomic E-state index is 0.150. The van der Waals surface area contributed by atoms with Crippen molar-refractivity contribution >= 4 is 17.4 Å². The molecular formula is C20H19F3N6O. The summed E-state index contributed by atoms with van der Waals surface area (Å²) in [5.74, 6) is 0.780. The van der Waals surface area contributed by atoms with Crippen molar-refractivity contribution < 1.29 is 18.0 Å². The van der Waals surface area contributed by atoms with Gasteiger partial charge in [0.15, 0.2) is 11.6 Å². The van der Waals surface area contributed by atoms with E-state index in [1.54, 1.807) is 23.1 Å². The molecule has 30 heavy (non-hydrogen) atoms. The van der Waals surface area contributed by atoms with Crippen LogP contribution in [0.3, 0.4) is 0 Å². The highest BCUT2D eigenvalue weighted by Gasteiger charge is 2.31. The van der Waals surface area contributed by atoms with Crippen molar-refractivity contribution in [3.05, 3.63) is 60.4 Å². The fourth-order valence-corrected chi connectivity index (χ4v) is 3.40. The summed E-state index contributed by atoms with van der Waals surface area (Å²) < 4.78 is 40.1. The second-order valence-electron chi connectivity index (χ2n) is 7.03. The number of carbonyl (C=O) groups excluding carboxylic acids is 1. The van der Waals surface area contributed by atoms with Gasteiger partial charge in [-0.05, 0) is 49.2 Å². The van der Waals surface area contributed by atoms with Gasteiger partial charge in [-0.3, -0.25) is 4.79 Å². The lowest BCUT2D eigenvalue weighted by molar-refractivity contribution is -0.137. The number of amides is 1. The summed E-state index contributed by atoms with van der Waals surface area (Å²) in [5, 5.41) is 15.1. The number of aromatic nitrogens is 4. The molecule has 2 aromatic heterocycles. The van der Waals surface area contributed by atoms with Gasteiger partial charge in [0.2, 0.25) is 5.91 Å². The Balaban J connectivity index is 1.33. The van der Waals surface area contributed by atoms with E-state index < -0.39 is 11.7 Å². The topological polar surface area (TPSA) is 75.9 Å². The zero-order valence-corrected chi connectivity index (χ0v) is 15.9. The molecule has 0 radical (unpaired) electrons. The Bertz CT molecular complexity index is 996. The maximum absolute atomic E-state index is 12.8. The Morgan fingerprint density at radius 3 is 2.40 bits per heavy atom. The third-order valence-corrected chi connectivity index (χ3v) is 5.02. The van der Waals surface area contributed by atoms with Gasteiger partial charge in [-0.1, -0.05) is 6.07 Å². The fourth-order valence-electron chi connectivity index (χ4n) is 3.40. The summed E-state index contributed by atoms with van der Waals surface area (Å²) in [6.45, 7) is 1.22. The number of halogens is 3. The van der Waals surface area contributed by atoms with Crippen molar-refractivity contribution in [2.24, 2.45) is 5.92 Å². The predicted molar refractivity (Wildman–Crippen MR) is 104 cm³/mol. The van der Waals surface area contributed by atoms with Crippen LogP contribution < -0.4 is 10.2 Å². The molecule has 1 saturated heterocycles. The third-order valence-electron chi connectivity index (χ3n) is 5.02. The van der Waals surface area contributed by atoms with Crippen LogP contribution in [0.2, 0.25) is 0 Å². The first-order valence-corrected chi connectivity index (χ1v) is 9.47. The van der Waals surface area contributed by atoms with Crippen LogP contribution >= 0.6 is 0 Å². The van der Waals surface area contributed by atoms with E-state index in [0.717, 1.165) is 12.1 Å². The number of alkyl halides is 3. The van der Waals surface area contributed by atoms with Crippen LogP contribution in [0.25, 0.3) is 5.82 Å². The number of hydrogen-bond acceptors (Lipinski definition) is 5. The van der Waals surface area contributed by atoms with Gasteiger partial charge in [0.25, 0.3) is 0 Å². The van der Waals surface area contributed by atoms with Crippen molar-refractivity contribution in [1.29, 1.82) is 0 Å². The highest BCUT2D eigenvalue weighted by molar-refractivity contribution is 5.92. The maximum atomic E-state index is 12.8. The number of rotatable bonds is 4. The minimum atomic E-state index is -4.44. The summed E-state index contributed by atoms with van der Waals surface area (Å²) in [6.07, 6.45) is 0.143. The van der Waals surface area contributed by atoms with Crippen molar-refractivity contribution in [3.8, 4) is 5.82 Å². The number of hydrogen-bond donors (Lipinski definition) is 1. The van der Waals surface area contributed by atoms with Gasteiger partial charge in [0.05, 0.1) is 5.56 Å². The first kappa shape index (κ1) is 19.9. The maximum Gasteiger partial charge on any atom is 0.416 e. The zero-order valence-electron chi connectivity index (χ0n) is 15.9. The van der Waals surface area contributed by atoms with E-state index in [4.69, 9.17) is 0 Å². The Labute approximate surface area is 170 Å². The molecule has 0 aliphatic carbocycles. The Morgan fingerprint density at radius 2 is 1.77 bits per heavy atom. The van der Waals surface area contributed by atoms with Crippen molar-refractivity contribution in [2.75, 3.05) is 23.3 Å². The lowest BCUT2D eigenvalue weighted by Gasteiger charge is -2.31. The molecule has 1 aliphatic rings. The van der Waals surface area contributed by atoms with Gasteiger partial charge < -0.3 is 10.2 Å². The molecule has 4 rings (SSSR count). The Kier molecular flexibility index (Phi) is 5.39. The minimum Gasteiger partial charge on any atom is -0.355 e. The molecule has 0 unspecified atom stereocenters. The molecule has 0 bridgehead atoms. The van der Waals surface area contributed by atoms with Crippen molar-refractivity contribution in [2.45, 2.75) is 19.0 Å². The smallest absolute Gasteiger partial charge is 0.355 e. The van der Waals surface area contributed by atoms with E-state index >= 15 is 0 Å². The second-order valence-corrected chi connectivity index (χ2v) is 7.03. The van der Waals surface area contributed by atoms with E-state index in [9.17, 15) is 18.0 Å². The van der Waals surface area contributed by atoms with E-state index in [2.05, 4.69) is 20.6 Å². The van der Waals surface area contributed by atoms with Crippen LogP contribution in [0.5, 0.6) is 0 Å². The van der Waals surface area contributed by atoms with Gasteiger partial charge in [0.1, 0.15) is 0 Å². The summed E-state index contributed by atoms with van der Waals surface area (Å²) in [7, 11) is 0. The Hall–Kier alpha value is -3.43. The van der Waals surface area contributed by atoms with Crippen LogP contribution in [0, 0.1) is 5.92 Å². The second kappa shape index (κ2) is 8.13. The lowest BCUT2D eigenvalue weighted by Crippen LogP contribution is -2.38. The Morgan fingerprint density at radius 1 is 1.03 bits per heavy atom. The summed E-state index contributed by atoms with van der Waals surface area (Å²) in [4.78, 5) is 14.5. The molecule has 1 N–H and O–H groups in total. The molecule has 0 atom stereocenters. The summed E-state index contributed by atoms with van der Waals surface area (Å²) >= 11 is 0. The normalized spacial score (nSPS) is 15.2. The molecule has 1 amide bonds. The number of nitrogens with zero attached hydrogens (tertiary/aromatic N) is 5. The van der Waals surface area contributed by atoms with Gasteiger partial charge in [-0.25, -0.2) is 4.68 Å². The number of anilines is 2. The fraction of sp³-hybridized carbons (Fsp3) is 0.300. The first-order chi connectivity index (χ1) is 14.4. The summed E-state index contributed by atoms with van der Waals surface area (Å²) in [6, 6.07) is 10.1. The van der Waals surface area contributed by atoms with Crippen LogP contribution in [-0.4, -0.2) is 39.0 Å². The molecule has 3 heterocycles. The predicted octanol–water partition coefficient (Wildman–Crippen LogP) is 3.54. The first-order valence-electron chi connectivity index (χ1n) is 9.47. The van der Waals surface area contributed by atoms with E-state index in [0.29, 0.717) is 37.6 Å². The average Bonchev–Trinajstić information content (AvgIpc) is 3.28. The average molecular weight is 416 g/mol. The highest BCUT2D eigenvalue weighted by atomic mass is 19.4. The molecule has 156 valence electrons. The van der Waals surface area contributed by atoms with Crippen LogP contribution in [-0.2, 0) is 11.0 Å². The van der Waals surface area contributed by atoms with E-state index in [-0.39, 0.29) is 17.5 Å². The SMILES string of the molecule is O=C(Nc1cccc(C(F)(F)F)c1)C1CCN(c2ccc(-n3cccn3)nn2)CC1. The van der Waals surface area contributed by atoms with Gasteiger partial charge in [0, 0.05) is 37.1 Å². The molecule has 3 aromatic rings. The van der Waals surface area contributed by atoms with E-state index in [1.165, 1.54) is 12.1 Å². The third kappa shape index (κ3) is 4.42. The molecule has 1 fully saturated rings. The largest absolute Gasteiger partial charge is 0.416 e. The molecule has 10 heteroatoms. The van der Waals surface area contributed by atoms with Crippen molar-refractivity contribution in [1.82, 2.24) is 20.0 Å². The number of nitrogens with one attached hydrogen (secondary N) is 1. The molecule has 0 saturated carbocycles. The van der Waals surface area contributed by atoms with E-state index in [1.807, 2.05) is 17.0 Å². The van der Waals surface area contributed by atoms with Gasteiger partial charge >= 0.3 is 6.18 Å².